The molecule has 3 aromatic carbocycles. The minimum atomic E-state index is -1.21. The summed E-state index contributed by atoms with van der Waals surface area (Å²) in [6.45, 7) is 0. The van der Waals surface area contributed by atoms with E-state index in [1.54, 1.807) is 54.6 Å². The topological polar surface area (TPSA) is 116 Å². The summed E-state index contributed by atoms with van der Waals surface area (Å²) >= 11 is 3.38. The molecule has 164 valence electrons. The van der Waals surface area contributed by atoms with Crippen molar-refractivity contribution in [1.82, 2.24) is 20.9 Å². The van der Waals surface area contributed by atoms with Crippen molar-refractivity contribution in [2.45, 2.75) is 6.04 Å². The minimum Gasteiger partial charge on any atom is -0.335 e. The number of hydrogen-bond acceptors (Lipinski definition) is 5. The summed E-state index contributed by atoms with van der Waals surface area (Å²) in [7, 11) is 0. The average molecular weight is 504 g/mol. The smallest absolute Gasteiger partial charge is 0.272 e. The van der Waals surface area contributed by atoms with Crippen LogP contribution in [-0.2, 0) is 4.79 Å². The van der Waals surface area contributed by atoms with Crippen molar-refractivity contribution >= 4 is 44.7 Å². The molecule has 9 heteroatoms. The van der Waals surface area contributed by atoms with Crippen LogP contribution in [0.2, 0.25) is 0 Å². The molecule has 4 aromatic rings. The second-order valence-electron chi connectivity index (χ2n) is 7.05. The summed E-state index contributed by atoms with van der Waals surface area (Å²) in [4.78, 5) is 38.1. The van der Waals surface area contributed by atoms with Gasteiger partial charge < -0.3 is 5.32 Å². The van der Waals surface area contributed by atoms with Crippen LogP contribution in [0.1, 0.15) is 27.7 Å². The Kier molecular flexibility index (Phi) is 6.70. The van der Waals surface area contributed by atoms with Crippen molar-refractivity contribution < 1.29 is 9.59 Å². The molecular formula is C24H18BrN5O3. The first-order valence-corrected chi connectivity index (χ1v) is 10.7. The van der Waals surface area contributed by atoms with E-state index in [1.165, 1.54) is 6.21 Å². The molecule has 0 spiro atoms. The highest BCUT2D eigenvalue weighted by molar-refractivity contribution is 9.10. The van der Waals surface area contributed by atoms with E-state index in [0.717, 1.165) is 10.0 Å². The number of aromatic nitrogens is 2. The first-order valence-electron chi connectivity index (χ1n) is 9.94. The second-order valence-corrected chi connectivity index (χ2v) is 7.96. The van der Waals surface area contributed by atoms with Crippen LogP contribution in [0.3, 0.4) is 0 Å². The molecule has 3 N–H and O–H groups in total. The maximum absolute atomic E-state index is 13.1. The minimum absolute atomic E-state index is 0.199. The van der Waals surface area contributed by atoms with Gasteiger partial charge in [0, 0.05) is 15.4 Å². The summed E-state index contributed by atoms with van der Waals surface area (Å²) in [5.74, 6) is -1.08. The molecule has 8 nitrogen and oxygen atoms in total. The Balaban J connectivity index is 1.67. The number of aromatic amines is 1. The van der Waals surface area contributed by atoms with E-state index < -0.39 is 23.4 Å². The SMILES string of the molecule is O=C(N[C@@H](C(=O)N/N=C/c1cccc(Br)c1)c1n[nH]c(=O)c2ccccc12)c1ccccc1. The molecule has 0 aliphatic heterocycles. The highest BCUT2D eigenvalue weighted by atomic mass is 79.9. The van der Waals surface area contributed by atoms with Gasteiger partial charge in [0.1, 0.15) is 5.69 Å². The first kappa shape index (κ1) is 22.1. The van der Waals surface area contributed by atoms with Gasteiger partial charge in [-0.25, -0.2) is 10.5 Å². The number of hydrogen-bond donors (Lipinski definition) is 3. The molecular weight excluding hydrogens is 486 g/mol. The Hall–Kier alpha value is -4.11. The van der Waals surface area contributed by atoms with Crippen LogP contribution in [0.15, 0.2) is 93.2 Å². The molecule has 2 amide bonds. The van der Waals surface area contributed by atoms with E-state index in [1.807, 2.05) is 24.3 Å². The summed E-state index contributed by atoms with van der Waals surface area (Å²) in [5.41, 5.74) is 3.40. The average Bonchev–Trinajstić information content (AvgIpc) is 2.84. The normalized spacial score (nSPS) is 11.9. The third-order valence-electron chi connectivity index (χ3n) is 4.81. The lowest BCUT2D eigenvalue weighted by molar-refractivity contribution is -0.123. The predicted molar refractivity (Wildman–Crippen MR) is 129 cm³/mol. The number of amides is 2. The van der Waals surface area contributed by atoms with Gasteiger partial charge in [-0.1, -0.05) is 64.5 Å². The van der Waals surface area contributed by atoms with Gasteiger partial charge in [-0.2, -0.15) is 10.2 Å². The van der Waals surface area contributed by atoms with Gasteiger partial charge in [-0.05, 0) is 35.9 Å². The third kappa shape index (κ3) is 5.21. The van der Waals surface area contributed by atoms with Gasteiger partial charge in [-0.3, -0.25) is 14.4 Å². The molecule has 0 fully saturated rings. The number of benzene rings is 3. The number of hydrazone groups is 1. The largest absolute Gasteiger partial charge is 0.335 e. The van der Waals surface area contributed by atoms with E-state index in [4.69, 9.17) is 0 Å². The van der Waals surface area contributed by atoms with Gasteiger partial charge in [0.25, 0.3) is 17.4 Å². The summed E-state index contributed by atoms with van der Waals surface area (Å²) in [6, 6.07) is 21.4. The van der Waals surface area contributed by atoms with Crippen LogP contribution in [-0.4, -0.2) is 28.2 Å². The van der Waals surface area contributed by atoms with Crippen LogP contribution in [0.5, 0.6) is 0 Å². The van der Waals surface area contributed by atoms with E-state index in [-0.39, 0.29) is 5.69 Å². The van der Waals surface area contributed by atoms with Crippen LogP contribution in [0, 0.1) is 0 Å². The van der Waals surface area contributed by atoms with Crippen molar-refractivity contribution in [1.29, 1.82) is 0 Å². The van der Waals surface area contributed by atoms with Gasteiger partial charge in [-0.15, -0.1) is 0 Å². The van der Waals surface area contributed by atoms with Crippen LogP contribution < -0.4 is 16.3 Å². The molecule has 0 aliphatic rings. The summed E-state index contributed by atoms with van der Waals surface area (Å²) in [5, 5.41) is 14.0. The van der Waals surface area contributed by atoms with Crippen molar-refractivity contribution in [2.75, 3.05) is 0 Å². The fraction of sp³-hybridized carbons (Fsp3) is 0.0417. The number of H-pyrrole nitrogens is 1. The Morgan fingerprint density at radius 3 is 2.45 bits per heavy atom. The summed E-state index contributed by atoms with van der Waals surface area (Å²) in [6.07, 6.45) is 1.48. The molecule has 1 heterocycles. The van der Waals surface area contributed by atoms with Crippen LogP contribution in [0.4, 0.5) is 0 Å². The number of nitrogens with one attached hydrogen (secondary N) is 3. The molecule has 0 radical (unpaired) electrons. The molecule has 0 bridgehead atoms. The van der Waals surface area contributed by atoms with Crippen LogP contribution >= 0.6 is 15.9 Å². The lowest BCUT2D eigenvalue weighted by Crippen LogP contribution is -2.40. The van der Waals surface area contributed by atoms with Gasteiger partial charge in [0.15, 0.2) is 6.04 Å². The molecule has 1 aromatic heterocycles. The third-order valence-corrected chi connectivity index (χ3v) is 5.30. The Labute approximate surface area is 196 Å². The fourth-order valence-electron chi connectivity index (χ4n) is 3.24. The molecule has 1 atom stereocenters. The first-order chi connectivity index (χ1) is 16.0. The molecule has 4 rings (SSSR count). The lowest BCUT2D eigenvalue weighted by atomic mass is 10.0. The van der Waals surface area contributed by atoms with E-state index in [9.17, 15) is 14.4 Å². The van der Waals surface area contributed by atoms with Crippen molar-refractivity contribution in [2.24, 2.45) is 5.10 Å². The number of carbonyl (C=O) groups is 2. The highest BCUT2D eigenvalue weighted by Gasteiger charge is 2.27. The monoisotopic (exact) mass is 503 g/mol. The van der Waals surface area contributed by atoms with Crippen molar-refractivity contribution in [3.05, 3.63) is 111 Å². The zero-order chi connectivity index (χ0) is 23.2. The maximum Gasteiger partial charge on any atom is 0.272 e. The van der Waals surface area contributed by atoms with E-state index in [2.05, 4.69) is 42.0 Å². The van der Waals surface area contributed by atoms with Crippen molar-refractivity contribution in [3.8, 4) is 0 Å². The van der Waals surface area contributed by atoms with Crippen LogP contribution in [0.25, 0.3) is 10.8 Å². The van der Waals surface area contributed by atoms with Gasteiger partial charge in [0.2, 0.25) is 0 Å². The number of rotatable bonds is 6. The standard InChI is InChI=1S/C24H18BrN5O3/c25-17-10-6-7-15(13-17)14-26-29-24(33)21(27-22(31)16-8-2-1-3-9-16)20-18-11-4-5-12-19(18)23(32)30-28-20/h1-14,21H,(H,27,31)(H,29,33)(H,30,32)/b26-14+/t21-/m1/s1. The zero-order valence-electron chi connectivity index (χ0n) is 17.2. The molecule has 0 aliphatic carbocycles. The maximum atomic E-state index is 13.1. The number of fused-ring (bicyclic) bond motifs is 1. The summed E-state index contributed by atoms with van der Waals surface area (Å²) < 4.78 is 0.870. The van der Waals surface area contributed by atoms with Gasteiger partial charge in [0.05, 0.1) is 11.6 Å². The fourth-order valence-corrected chi connectivity index (χ4v) is 3.66. The quantitative estimate of drug-likeness (QED) is 0.276. The Bertz CT molecular complexity index is 1400. The van der Waals surface area contributed by atoms with E-state index in [0.29, 0.717) is 16.3 Å². The Morgan fingerprint density at radius 1 is 0.970 bits per heavy atom. The van der Waals surface area contributed by atoms with Crippen molar-refractivity contribution in [3.63, 3.8) is 0 Å². The lowest BCUT2D eigenvalue weighted by Gasteiger charge is -2.18. The highest BCUT2D eigenvalue weighted by Crippen LogP contribution is 2.20. The molecule has 0 saturated carbocycles. The predicted octanol–water partition coefficient (Wildman–Crippen LogP) is 3.31. The number of nitrogens with zero attached hydrogens (tertiary/aromatic N) is 2. The molecule has 0 unspecified atom stereocenters. The number of carbonyl (C=O) groups excluding carboxylic acids is 2. The molecule has 33 heavy (non-hydrogen) atoms. The Morgan fingerprint density at radius 2 is 1.70 bits per heavy atom. The zero-order valence-corrected chi connectivity index (χ0v) is 18.7. The van der Waals surface area contributed by atoms with Gasteiger partial charge >= 0.3 is 0 Å². The molecule has 0 saturated heterocycles. The van der Waals surface area contributed by atoms with E-state index >= 15 is 0 Å². The number of halogens is 1. The second kappa shape index (κ2) is 10.0.